The van der Waals surface area contributed by atoms with Crippen LogP contribution in [0.3, 0.4) is 0 Å². The molecule has 2 aliphatic rings. The second-order valence-corrected chi connectivity index (χ2v) is 9.23. The fourth-order valence-electron chi connectivity index (χ4n) is 4.44. The molecule has 38 heavy (non-hydrogen) atoms. The summed E-state index contributed by atoms with van der Waals surface area (Å²) in [6.07, 6.45) is 2.53. The molecule has 9 nitrogen and oxygen atoms in total. The van der Waals surface area contributed by atoms with Crippen LogP contribution < -0.4 is 15.4 Å². The third kappa shape index (κ3) is 5.86. The summed E-state index contributed by atoms with van der Waals surface area (Å²) in [4.78, 5) is 23.3. The van der Waals surface area contributed by atoms with E-state index in [1.807, 2.05) is 4.90 Å². The van der Waals surface area contributed by atoms with Gasteiger partial charge in [-0.2, -0.15) is 0 Å². The molecule has 0 unspecified atom stereocenters. The predicted octanol–water partition coefficient (Wildman–Crippen LogP) is 4.46. The molecule has 12 heteroatoms. The number of benzene rings is 2. The highest BCUT2D eigenvalue weighted by molar-refractivity contribution is 6.31. The zero-order chi connectivity index (χ0) is 26.6. The molecule has 0 radical (unpaired) electrons. The van der Waals surface area contributed by atoms with Gasteiger partial charge < -0.3 is 24.8 Å². The van der Waals surface area contributed by atoms with Crippen molar-refractivity contribution in [2.45, 2.75) is 19.1 Å². The van der Waals surface area contributed by atoms with Crippen LogP contribution in [0.25, 0.3) is 10.9 Å². The number of likely N-dealkylation sites (tertiary alicyclic amines) is 1. The number of ether oxygens (including phenoxy) is 3. The van der Waals surface area contributed by atoms with Gasteiger partial charge in [0.25, 0.3) is 5.91 Å². The smallest absolute Gasteiger partial charge is 0.284 e. The number of aromatic nitrogens is 2. The predicted molar refractivity (Wildman–Crippen MR) is 139 cm³/mol. The summed E-state index contributed by atoms with van der Waals surface area (Å²) in [5, 5.41) is 6.14. The molecule has 0 saturated carbocycles. The van der Waals surface area contributed by atoms with Crippen LogP contribution in [0.5, 0.6) is 5.75 Å². The standard InChI is InChI=1S/C26H26ClF2N5O4/c1-2-36-22-11-20-16(25(31-14-30-20)32-15-3-4-18(28)17(27)9-15)10-21(22)33-26(35)19(29)5-6-34-12-23-24(13-34)38-8-7-37-23/h3-5,9-11,14,23-24H,2,6-8,12-13H2,1H3,(H,33,35)(H,30,31,32)/b19-5-/t23-,24+. The van der Waals surface area contributed by atoms with Crippen molar-refractivity contribution >= 4 is 45.6 Å². The van der Waals surface area contributed by atoms with Crippen molar-refractivity contribution < 1.29 is 27.8 Å². The van der Waals surface area contributed by atoms with Gasteiger partial charge in [-0.25, -0.2) is 18.7 Å². The summed E-state index contributed by atoms with van der Waals surface area (Å²) in [6, 6.07) is 7.40. The normalized spacial score (nSPS) is 19.8. The van der Waals surface area contributed by atoms with E-state index < -0.39 is 17.6 Å². The largest absolute Gasteiger partial charge is 0.492 e. The Morgan fingerprint density at radius 1 is 1.21 bits per heavy atom. The maximum absolute atomic E-state index is 14.8. The lowest BCUT2D eigenvalue weighted by molar-refractivity contribution is -0.116. The molecule has 0 bridgehead atoms. The van der Waals surface area contributed by atoms with Gasteiger partial charge >= 0.3 is 0 Å². The Bertz CT molecular complexity index is 1360. The van der Waals surface area contributed by atoms with Gasteiger partial charge in [-0.05, 0) is 37.3 Å². The summed E-state index contributed by atoms with van der Waals surface area (Å²) in [6.45, 7) is 4.69. The van der Waals surface area contributed by atoms with Gasteiger partial charge in [0.2, 0.25) is 0 Å². The molecule has 3 heterocycles. The van der Waals surface area contributed by atoms with E-state index in [9.17, 15) is 13.6 Å². The second-order valence-electron chi connectivity index (χ2n) is 8.82. The Labute approximate surface area is 222 Å². The summed E-state index contributed by atoms with van der Waals surface area (Å²) in [7, 11) is 0. The number of rotatable bonds is 8. The molecule has 3 aromatic rings. The number of nitrogens with zero attached hydrogens (tertiary/aromatic N) is 3. The van der Waals surface area contributed by atoms with Crippen LogP contribution in [-0.2, 0) is 14.3 Å². The van der Waals surface area contributed by atoms with Gasteiger partial charge in [-0.15, -0.1) is 0 Å². The molecular formula is C26H26ClF2N5O4. The van der Waals surface area contributed by atoms with Crippen molar-refractivity contribution in [3.05, 3.63) is 59.4 Å². The van der Waals surface area contributed by atoms with Crippen LogP contribution in [0, 0.1) is 5.82 Å². The monoisotopic (exact) mass is 545 g/mol. The van der Waals surface area contributed by atoms with E-state index in [-0.39, 0.29) is 29.5 Å². The molecule has 2 aromatic carbocycles. The third-order valence-corrected chi connectivity index (χ3v) is 6.54. The van der Waals surface area contributed by atoms with E-state index in [2.05, 4.69) is 20.6 Å². The zero-order valence-corrected chi connectivity index (χ0v) is 21.3. The van der Waals surface area contributed by atoms with Crippen LogP contribution in [0.4, 0.5) is 26.0 Å². The van der Waals surface area contributed by atoms with E-state index in [4.69, 9.17) is 25.8 Å². The summed E-state index contributed by atoms with van der Waals surface area (Å²) >= 11 is 5.90. The Kier molecular flexibility index (Phi) is 7.98. The fraction of sp³-hybridized carbons (Fsp3) is 0.346. The maximum atomic E-state index is 14.8. The average Bonchev–Trinajstić information content (AvgIpc) is 3.33. The zero-order valence-electron chi connectivity index (χ0n) is 20.5. The first-order valence-electron chi connectivity index (χ1n) is 12.2. The summed E-state index contributed by atoms with van der Waals surface area (Å²) in [5.74, 6) is -1.67. The van der Waals surface area contributed by atoms with Crippen LogP contribution in [0.15, 0.2) is 48.6 Å². The number of amides is 1. The first kappa shape index (κ1) is 26.2. The summed E-state index contributed by atoms with van der Waals surface area (Å²) < 4.78 is 45.4. The lowest BCUT2D eigenvalue weighted by atomic mass is 10.1. The molecule has 5 rings (SSSR count). The molecule has 0 aliphatic carbocycles. The van der Waals surface area contributed by atoms with E-state index in [0.29, 0.717) is 61.1 Å². The summed E-state index contributed by atoms with van der Waals surface area (Å²) in [5.41, 5.74) is 1.27. The minimum Gasteiger partial charge on any atom is -0.492 e. The highest BCUT2D eigenvalue weighted by atomic mass is 35.5. The minimum atomic E-state index is -0.923. The van der Waals surface area contributed by atoms with Gasteiger partial charge in [0, 0.05) is 36.8 Å². The Hall–Kier alpha value is -3.38. The number of carbonyl (C=O) groups excluding carboxylic acids is 1. The number of halogens is 3. The van der Waals surface area contributed by atoms with Crippen LogP contribution in [0.2, 0.25) is 5.02 Å². The number of carbonyl (C=O) groups is 1. The molecule has 2 saturated heterocycles. The van der Waals surface area contributed by atoms with Crippen molar-refractivity contribution in [3.8, 4) is 5.75 Å². The van der Waals surface area contributed by atoms with Gasteiger partial charge in [-0.1, -0.05) is 11.6 Å². The van der Waals surface area contributed by atoms with Crippen LogP contribution in [0.1, 0.15) is 6.92 Å². The van der Waals surface area contributed by atoms with Gasteiger partial charge in [0.05, 0.1) is 48.3 Å². The molecule has 1 aromatic heterocycles. The Morgan fingerprint density at radius 2 is 1.97 bits per heavy atom. The van der Waals surface area contributed by atoms with Crippen LogP contribution >= 0.6 is 11.6 Å². The average molecular weight is 546 g/mol. The molecule has 0 spiro atoms. The lowest BCUT2D eigenvalue weighted by Crippen LogP contribution is -2.36. The maximum Gasteiger partial charge on any atom is 0.284 e. The number of nitrogens with one attached hydrogen (secondary N) is 2. The van der Waals surface area contributed by atoms with Crippen molar-refractivity contribution in [2.75, 3.05) is 50.1 Å². The topological polar surface area (TPSA) is 97.8 Å². The van der Waals surface area contributed by atoms with Gasteiger partial charge in [-0.3, -0.25) is 9.69 Å². The second kappa shape index (κ2) is 11.6. The highest BCUT2D eigenvalue weighted by Gasteiger charge is 2.36. The van der Waals surface area contributed by atoms with E-state index in [1.165, 1.54) is 30.6 Å². The van der Waals surface area contributed by atoms with Crippen LogP contribution in [-0.4, -0.2) is 72.4 Å². The molecular weight excluding hydrogens is 520 g/mol. The molecule has 1 amide bonds. The van der Waals surface area contributed by atoms with E-state index in [1.54, 1.807) is 19.1 Å². The molecule has 2 atom stereocenters. The number of anilines is 3. The molecule has 2 N–H and O–H groups in total. The molecule has 2 aliphatic heterocycles. The molecule has 2 fully saturated rings. The number of fused-ring (bicyclic) bond motifs is 2. The highest BCUT2D eigenvalue weighted by Crippen LogP contribution is 2.34. The van der Waals surface area contributed by atoms with E-state index in [0.717, 1.165) is 0 Å². The lowest BCUT2D eigenvalue weighted by Gasteiger charge is -2.24. The van der Waals surface area contributed by atoms with Crippen molar-refractivity contribution in [1.29, 1.82) is 0 Å². The van der Waals surface area contributed by atoms with Crippen molar-refractivity contribution in [2.24, 2.45) is 0 Å². The Balaban J connectivity index is 1.35. The van der Waals surface area contributed by atoms with E-state index >= 15 is 0 Å². The fourth-order valence-corrected chi connectivity index (χ4v) is 4.62. The third-order valence-electron chi connectivity index (χ3n) is 6.25. The van der Waals surface area contributed by atoms with Gasteiger partial charge in [0.15, 0.2) is 5.83 Å². The van der Waals surface area contributed by atoms with Crippen molar-refractivity contribution in [1.82, 2.24) is 14.9 Å². The number of hydrogen-bond acceptors (Lipinski definition) is 8. The molecule has 200 valence electrons. The quantitative estimate of drug-likeness (QED) is 0.401. The number of hydrogen-bond donors (Lipinski definition) is 2. The van der Waals surface area contributed by atoms with Gasteiger partial charge in [0.1, 0.15) is 23.7 Å². The SMILES string of the molecule is CCOc1cc2ncnc(Nc3ccc(F)c(Cl)c3)c2cc1NC(=O)/C(F)=C/CN1C[C@@H]2OCCO[C@@H]2C1. The minimum absolute atomic E-state index is 0.0312. The van der Waals surface area contributed by atoms with Crippen molar-refractivity contribution in [3.63, 3.8) is 0 Å². The first-order chi connectivity index (χ1) is 18.4. The Morgan fingerprint density at radius 3 is 2.68 bits per heavy atom. The first-order valence-corrected chi connectivity index (χ1v) is 12.5.